The predicted molar refractivity (Wildman–Crippen MR) is 118 cm³/mol. The second-order valence-electron chi connectivity index (χ2n) is 6.56. The van der Waals surface area contributed by atoms with Crippen LogP contribution in [0.5, 0.6) is 0 Å². The van der Waals surface area contributed by atoms with Crippen molar-refractivity contribution in [3.8, 4) is 0 Å². The van der Waals surface area contributed by atoms with Crippen molar-refractivity contribution in [3.63, 3.8) is 0 Å². The van der Waals surface area contributed by atoms with Gasteiger partial charge in [0.1, 0.15) is 0 Å². The largest absolute Gasteiger partial charge is 0.385 e. The molecule has 4 N–H and O–H groups in total. The molecule has 0 radical (unpaired) electrons. The van der Waals surface area contributed by atoms with Gasteiger partial charge in [-0.15, -0.1) is 0 Å². The van der Waals surface area contributed by atoms with Crippen LogP contribution in [0.25, 0.3) is 0 Å². The van der Waals surface area contributed by atoms with Gasteiger partial charge in [-0.2, -0.15) is 0 Å². The number of anilines is 3. The molecule has 0 aromatic heterocycles. The summed E-state index contributed by atoms with van der Waals surface area (Å²) in [5.41, 5.74) is 2.48. The Morgan fingerprint density at radius 3 is 2.30 bits per heavy atom. The molecule has 0 fully saturated rings. The molecule has 0 heterocycles. The average Bonchev–Trinajstić information content (AvgIpc) is 2.76. The van der Waals surface area contributed by atoms with Gasteiger partial charge < -0.3 is 26.0 Å². The summed E-state index contributed by atoms with van der Waals surface area (Å²) in [7, 11) is 1.62. The first kappa shape index (κ1) is 22.9. The Kier molecular flexibility index (Phi) is 9.33. The maximum atomic E-state index is 12.2. The zero-order valence-corrected chi connectivity index (χ0v) is 17.3. The van der Waals surface area contributed by atoms with Crippen molar-refractivity contribution in [3.05, 3.63) is 54.1 Å². The molecule has 8 heteroatoms. The van der Waals surface area contributed by atoms with Crippen molar-refractivity contribution in [1.29, 1.82) is 0 Å². The minimum absolute atomic E-state index is 0.0547. The smallest absolute Gasteiger partial charge is 0.251 e. The molecular weight excluding hydrogens is 384 g/mol. The first-order chi connectivity index (χ1) is 14.5. The van der Waals surface area contributed by atoms with Gasteiger partial charge >= 0.3 is 0 Å². The fraction of sp³-hybridized carbons (Fsp3) is 0.318. The minimum Gasteiger partial charge on any atom is -0.385 e. The lowest BCUT2D eigenvalue weighted by atomic mass is 10.2. The third kappa shape index (κ3) is 7.92. The Labute approximate surface area is 176 Å². The normalized spacial score (nSPS) is 10.2. The maximum Gasteiger partial charge on any atom is 0.251 e. The first-order valence-electron chi connectivity index (χ1n) is 9.82. The minimum atomic E-state index is -0.240. The highest BCUT2D eigenvalue weighted by molar-refractivity contribution is 5.98. The van der Waals surface area contributed by atoms with Gasteiger partial charge in [0, 0.05) is 49.3 Å². The summed E-state index contributed by atoms with van der Waals surface area (Å²) in [4.78, 5) is 35.8. The van der Waals surface area contributed by atoms with Gasteiger partial charge in [0.15, 0.2) is 0 Å². The fourth-order valence-corrected chi connectivity index (χ4v) is 2.57. The van der Waals surface area contributed by atoms with Crippen molar-refractivity contribution >= 4 is 34.8 Å². The summed E-state index contributed by atoms with van der Waals surface area (Å²) in [6, 6.07) is 13.9. The Bertz CT molecular complexity index is 852. The number of methoxy groups -OCH3 is 1. The van der Waals surface area contributed by atoms with E-state index in [-0.39, 0.29) is 24.3 Å². The molecule has 2 rings (SSSR count). The molecule has 0 saturated carbocycles. The number of nitrogens with one attached hydrogen (secondary N) is 4. The third-order valence-corrected chi connectivity index (χ3v) is 4.16. The zero-order valence-electron chi connectivity index (χ0n) is 17.3. The fourth-order valence-electron chi connectivity index (χ4n) is 2.57. The number of hydrogen-bond acceptors (Lipinski definition) is 5. The lowest BCUT2D eigenvalue weighted by molar-refractivity contribution is -0.116. The topological polar surface area (TPSA) is 109 Å². The molecule has 0 aliphatic carbocycles. The molecule has 2 aromatic rings. The van der Waals surface area contributed by atoms with Crippen LogP contribution in [-0.4, -0.2) is 44.5 Å². The third-order valence-electron chi connectivity index (χ3n) is 4.16. The van der Waals surface area contributed by atoms with Crippen molar-refractivity contribution in [2.24, 2.45) is 0 Å². The van der Waals surface area contributed by atoms with E-state index >= 15 is 0 Å². The average molecular weight is 412 g/mol. The summed E-state index contributed by atoms with van der Waals surface area (Å²) in [6.07, 6.45) is 1.15. The highest BCUT2D eigenvalue weighted by Crippen LogP contribution is 2.14. The summed E-state index contributed by atoms with van der Waals surface area (Å²) < 4.78 is 4.95. The van der Waals surface area contributed by atoms with Gasteiger partial charge in [0.05, 0.1) is 6.54 Å². The summed E-state index contributed by atoms with van der Waals surface area (Å²) in [5.74, 6) is -0.493. The van der Waals surface area contributed by atoms with E-state index in [9.17, 15) is 14.4 Å². The first-order valence-corrected chi connectivity index (χ1v) is 9.82. The quantitative estimate of drug-likeness (QED) is 0.425. The molecule has 0 atom stereocenters. The Morgan fingerprint density at radius 1 is 0.900 bits per heavy atom. The van der Waals surface area contributed by atoms with Crippen LogP contribution in [0.3, 0.4) is 0 Å². The van der Waals surface area contributed by atoms with Gasteiger partial charge in [0.2, 0.25) is 11.8 Å². The number of ether oxygens (including phenoxy) is 1. The van der Waals surface area contributed by atoms with E-state index in [1.807, 2.05) is 0 Å². The maximum absolute atomic E-state index is 12.2. The van der Waals surface area contributed by atoms with E-state index in [2.05, 4.69) is 21.3 Å². The molecule has 0 saturated heterocycles. The number of hydrogen-bond donors (Lipinski definition) is 4. The summed E-state index contributed by atoms with van der Waals surface area (Å²) >= 11 is 0. The van der Waals surface area contributed by atoms with Gasteiger partial charge in [0.25, 0.3) is 5.91 Å². The van der Waals surface area contributed by atoms with Crippen LogP contribution in [0.1, 0.15) is 30.1 Å². The van der Waals surface area contributed by atoms with Crippen LogP contribution in [0.15, 0.2) is 48.5 Å². The highest BCUT2D eigenvalue weighted by atomic mass is 16.5. The molecule has 0 aliphatic rings. The molecule has 0 bridgehead atoms. The van der Waals surface area contributed by atoms with Crippen LogP contribution >= 0.6 is 0 Å². The van der Waals surface area contributed by atoms with E-state index in [0.29, 0.717) is 36.5 Å². The number of amides is 3. The van der Waals surface area contributed by atoms with E-state index in [1.54, 1.807) is 62.6 Å². The van der Waals surface area contributed by atoms with E-state index in [4.69, 9.17) is 4.74 Å². The van der Waals surface area contributed by atoms with Crippen molar-refractivity contribution in [1.82, 2.24) is 5.32 Å². The molecule has 0 unspecified atom stereocenters. The van der Waals surface area contributed by atoms with Gasteiger partial charge in [-0.1, -0.05) is 13.0 Å². The molecule has 0 spiro atoms. The van der Waals surface area contributed by atoms with Crippen LogP contribution in [0, 0.1) is 0 Å². The Morgan fingerprint density at radius 2 is 1.60 bits per heavy atom. The van der Waals surface area contributed by atoms with Crippen LogP contribution in [0.4, 0.5) is 17.1 Å². The SMILES string of the molecule is CCC(=O)Nc1ccc(NCC(=O)Nc2cccc(C(=O)NCCCOC)c2)cc1. The highest BCUT2D eigenvalue weighted by Gasteiger charge is 2.08. The van der Waals surface area contributed by atoms with Crippen molar-refractivity contribution in [2.75, 3.05) is 42.8 Å². The number of benzene rings is 2. The standard InChI is InChI=1S/C22H28N4O4/c1-3-20(27)25-18-10-8-17(9-11-18)24-15-21(28)26-19-7-4-6-16(14-19)22(29)23-12-5-13-30-2/h4,6-11,14,24H,3,5,12-13,15H2,1-2H3,(H,23,29)(H,25,27)(H,26,28). The van der Waals surface area contributed by atoms with Gasteiger partial charge in [-0.05, 0) is 48.9 Å². The Hall–Kier alpha value is -3.39. The van der Waals surface area contributed by atoms with Gasteiger partial charge in [-0.3, -0.25) is 14.4 Å². The molecule has 30 heavy (non-hydrogen) atoms. The van der Waals surface area contributed by atoms with Crippen LogP contribution < -0.4 is 21.3 Å². The van der Waals surface area contributed by atoms with Crippen molar-refractivity contribution < 1.29 is 19.1 Å². The predicted octanol–water partition coefficient (Wildman–Crippen LogP) is 2.85. The number of carbonyl (C=O) groups is 3. The Balaban J connectivity index is 1.82. The van der Waals surface area contributed by atoms with Crippen LogP contribution in [0.2, 0.25) is 0 Å². The molecule has 2 aromatic carbocycles. The van der Waals surface area contributed by atoms with E-state index in [0.717, 1.165) is 12.1 Å². The monoisotopic (exact) mass is 412 g/mol. The molecule has 0 aliphatic heterocycles. The second-order valence-corrected chi connectivity index (χ2v) is 6.56. The summed E-state index contributed by atoms with van der Waals surface area (Å²) in [6.45, 7) is 2.96. The van der Waals surface area contributed by atoms with Crippen molar-refractivity contribution in [2.45, 2.75) is 19.8 Å². The molecule has 160 valence electrons. The van der Waals surface area contributed by atoms with E-state index < -0.39 is 0 Å². The van der Waals surface area contributed by atoms with Crippen LogP contribution in [-0.2, 0) is 14.3 Å². The summed E-state index contributed by atoms with van der Waals surface area (Å²) in [5, 5.41) is 11.4. The second kappa shape index (κ2) is 12.2. The zero-order chi connectivity index (χ0) is 21.8. The van der Waals surface area contributed by atoms with E-state index in [1.165, 1.54) is 0 Å². The van der Waals surface area contributed by atoms with Gasteiger partial charge in [-0.25, -0.2) is 0 Å². The molecule has 3 amide bonds. The number of carbonyl (C=O) groups excluding carboxylic acids is 3. The lowest BCUT2D eigenvalue weighted by Crippen LogP contribution is -2.25. The molecular formula is C22H28N4O4. The molecule has 8 nitrogen and oxygen atoms in total. The lowest BCUT2D eigenvalue weighted by Gasteiger charge is -2.10. The number of rotatable bonds is 11.